The molecule has 12 aromatic carbocycles. The average Bonchev–Trinajstić information content (AvgIpc) is 3.63. The van der Waals surface area contributed by atoms with Crippen molar-refractivity contribution in [1.82, 2.24) is 0 Å². The van der Waals surface area contributed by atoms with Crippen LogP contribution >= 0.6 is 7.82 Å². The van der Waals surface area contributed by atoms with Gasteiger partial charge in [-0.3, -0.25) is 0 Å². The van der Waals surface area contributed by atoms with Gasteiger partial charge < -0.3 is 13.6 Å². The molecule has 0 aliphatic carbocycles. The summed E-state index contributed by atoms with van der Waals surface area (Å²) >= 11 is 0. The summed E-state index contributed by atoms with van der Waals surface area (Å²) < 4.78 is 37.3. The van der Waals surface area contributed by atoms with Gasteiger partial charge in [0.25, 0.3) is 0 Å². The molecule has 0 fully saturated rings. The lowest BCUT2D eigenvalue weighted by Gasteiger charge is -2.24. The minimum atomic E-state index is -4.66. The molecule has 0 atom stereocenters. The van der Waals surface area contributed by atoms with Crippen molar-refractivity contribution in [3.63, 3.8) is 0 Å². The molecule has 0 aliphatic heterocycles. The van der Waals surface area contributed by atoms with Gasteiger partial charge in [-0.05, 0) is 118 Å². The summed E-state index contributed by atoms with van der Waals surface area (Å²) in [5.41, 5.74) is 19.1. The van der Waals surface area contributed by atoms with Gasteiger partial charge in [0.05, 0.1) is 0 Å². The van der Waals surface area contributed by atoms with Crippen LogP contribution < -0.4 is 13.6 Å². The van der Waals surface area contributed by atoms with E-state index in [9.17, 15) is 0 Å². The van der Waals surface area contributed by atoms with E-state index < -0.39 is 7.82 Å². The van der Waals surface area contributed by atoms with Gasteiger partial charge in [0.15, 0.2) is 0 Å². The predicted molar refractivity (Wildman–Crippen MR) is 329 cm³/mol. The van der Waals surface area contributed by atoms with E-state index in [0.29, 0.717) is 36.5 Å². The monoisotopic (exact) mass is 1050 g/mol. The molecule has 0 heterocycles. The Labute approximate surface area is 469 Å². The molecule has 0 N–H and O–H groups in total. The molecule has 386 valence electrons. The van der Waals surface area contributed by atoms with E-state index in [-0.39, 0.29) is 0 Å². The summed E-state index contributed by atoms with van der Waals surface area (Å²) in [6.07, 6.45) is 1.40. The minimum Gasteiger partial charge on any atom is -0.386 e. The van der Waals surface area contributed by atoms with Crippen LogP contribution in [-0.2, 0) is 23.8 Å². The highest BCUT2D eigenvalue weighted by Crippen LogP contribution is 2.53. The van der Waals surface area contributed by atoms with E-state index in [1.807, 2.05) is 109 Å². The summed E-state index contributed by atoms with van der Waals surface area (Å²) in [6, 6.07) is 106. The van der Waals surface area contributed by atoms with Gasteiger partial charge in [-0.1, -0.05) is 291 Å². The van der Waals surface area contributed by atoms with Crippen LogP contribution in [0.3, 0.4) is 0 Å². The summed E-state index contributed by atoms with van der Waals surface area (Å²) in [5.74, 6) is 1.16. The fourth-order valence-corrected chi connectivity index (χ4v) is 12.3. The fourth-order valence-electron chi connectivity index (χ4n) is 10.9. The smallest absolute Gasteiger partial charge is 0.386 e. The van der Waals surface area contributed by atoms with Crippen LogP contribution in [0.5, 0.6) is 17.2 Å². The highest BCUT2D eigenvalue weighted by atomic mass is 31.2. The van der Waals surface area contributed by atoms with Crippen molar-refractivity contribution in [3.05, 3.63) is 343 Å². The second kappa shape index (κ2) is 23.9. The van der Waals surface area contributed by atoms with Crippen molar-refractivity contribution >= 4 is 7.82 Å². The lowest BCUT2D eigenvalue weighted by atomic mass is 9.88. The predicted octanol–water partition coefficient (Wildman–Crippen LogP) is 20.1. The van der Waals surface area contributed by atoms with Crippen LogP contribution in [0.25, 0.3) is 66.8 Å². The number of rotatable bonds is 18. The lowest BCUT2D eigenvalue weighted by molar-refractivity contribution is 0.296. The highest BCUT2D eigenvalue weighted by molar-refractivity contribution is 7.49. The Balaban J connectivity index is 0.960. The van der Waals surface area contributed by atoms with Gasteiger partial charge in [-0.15, -0.1) is 0 Å². The Morgan fingerprint density at radius 1 is 0.212 bits per heavy atom. The maximum atomic E-state index is 16.5. The van der Waals surface area contributed by atoms with Crippen LogP contribution in [-0.4, -0.2) is 0 Å². The van der Waals surface area contributed by atoms with Gasteiger partial charge in [0.2, 0.25) is 0 Å². The Hall–Kier alpha value is -9.73. The first-order valence-electron chi connectivity index (χ1n) is 27.1. The molecule has 0 bridgehead atoms. The quantitative estimate of drug-likeness (QED) is 0.0804. The van der Waals surface area contributed by atoms with Gasteiger partial charge in [0.1, 0.15) is 17.2 Å². The van der Waals surface area contributed by atoms with Crippen molar-refractivity contribution < 1.29 is 18.1 Å². The third-order valence-electron chi connectivity index (χ3n) is 14.6. The minimum absolute atomic E-state index is 0.388. The standard InChI is InChI=1S/C75H57O4P/c76-80(77-70-49-22-19-40-61(70)52-64-43-25-46-67(55-28-7-1-8-29-55)73(64)58-34-13-4-14-35-58,78-71-50-23-20-41-62(71)53-65-44-26-47-68(56-30-9-2-10-31-56)74(65)59-36-15-5-16-37-59)79-72-51-24-21-42-63(72)54-66-45-27-48-69(57-32-11-3-12-33-57)75(66)60-38-17-6-18-39-60/h1-51H,52-54H2. The topological polar surface area (TPSA) is 44.8 Å². The number of hydrogen-bond donors (Lipinski definition) is 0. The lowest BCUT2D eigenvalue weighted by Crippen LogP contribution is -2.11. The molecule has 4 nitrogen and oxygen atoms in total. The molecule has 80 heavy (non-hydrogen) atoms. The molecule has 12 rings (SSSR count). The molecule has 0 aliphatic rings. The second-order valence-corrected chi connectivity index (χ2v) is 21.2. The fraction of sp³-hybridized carbons (Fsp3) is 0.0400. The van der Waals surface area contributed by atoms with Gasteiger partial charge in [-0.25, -0.2) is 0 Å². The van der Waals surface area contributed by atoms with Crippen LogP contribution in [0.2, 0.25) is 0 Å². The molecule has 0 aromatic heterocycles. The molecule has 0 unspecified atom stereocenters. The Morgan fingerprint density at radius 3 is 0.688 bits per heavy atom. The maximum absolute atomic E-state index is 16.5. The van der Waals surface area contributed by atoms with Crippen LogP contribution in [0, 0.1) is 0 Å². The van der Waals surface area contributed by atoms with Crippen LogP contribution in [0.1, 0.15) is 33.4 Å². The molecule has 5 heteroatoms. The number of para-hydroxylation sites is 3. The van der Waals surface area contributed by atoms with E-state index in [1.54, 1.807) is 0 Å². The third-order valence-corrected chi connectivity index (χ3v) is 15.8. The highest BCUT2D eigenvalue weighted by Gasteiger charge is 2.36. The maximum Gasteiger partial charge on any atom is 0.647 e. The Kier molecular flexibility index (Phi) is 15.2. The van der Waals surface area contributed by atoms with E-state index in [1.165, 1.54) is 0 Å². The third kappa shape index (κ3) is 11.4. The molecular formula is C75H57O4P. The zero-order valence-corrected chi connectivity index (χ0v) is 45.0. The average molecular weight is 1050 g/mol. The van der Waals surface area contributed by atoms with Gasteiger partial charge in [-0.2, -0.15) is 4.57 Å². The van der Waals surface area contributed by atoms with E-state index in [0.717, 1.165) is 100 Å². The first-order chi connectivity index (χ1) is 39.5. The van der Waals surface area contributed by atoms with Crippen molar-refractivity contribution in [1.29, 1.82) is 0 Å². The first-order valence-corrected chi connectivity index (χ1v) is 28.6. The summed E-state index contributed by atoms with van der Waals surface area (Å²) in [7, 11) is -4.66. The van der Waals surface area contributed by atoms with Gasteiger partial charge >= 0.3 is 7.82 Å². The Morgan fingerprint density at radius 2 is 0.425 bits per heavy atom. The molecule has 0 saturated heterocycles. The molecule has 0 amide bonds. The molecule has 12 aromatic rings. The van der Waals surface area contributed by atoms with E-state index in [2.05, 4.69) is 200 Å². The zero-order chi connectivity index (χ0) is 53.9. The van der Waals surface area contributed by atoms with Crippen LogP contribution in [0.15, 0.2) is 309 Å². The summed E-state index contributed by atoms with van der Waals surface area (Å²) in [6.45, 7) is 0. The largest absolute Gasteiger partial charge is 0.647 e. The summed E-state index contributed by atoms with van der Waals surface area (Å²) in [4.78, 5) is 0. The van der Waals surface area contributed by atoms with E-state index >= 15 is 4.57 Å². The van der Waals surface area contributed by atoms with E-state index in [4.69, 9.17) is 13.6 Å². The van der Waals surface area contributed by atoms with Crippen molar-refractivity contribution in [2.75, 3.05) is 0 Å². The van der Waals surface area contributed by atoms with Crippen molar-refractivity contribution in [3.8, 4) is 84.0 Å². The molecule has 0 radical (unpaired) electrons. The van der Waals surface area contributed by atoms with Crippen LogP contribution in [0.4, 0.5) is 0 Å². The summed E-state index contributed by atoms with van der Waals surface area (Å²) in [5, 5.41) is 0. The molecule has 0 spiro atoms. The number of hydrogen-bond acceptors (Lipinski definition) is 4. The Bertz CT molecular complexity index is 3650. The number of benzene rings is 12. The number of phosphoric ester groups is 1. The number of phosphoric acid groups is 1. The zero-order valence-electron chi connectivity index (χ0n) is 44.1. The van der Waals surface area contributed by atoms with Crippen molar-refractivity contribution in [2.24, 2.45) is 0 Å². The normalized spacial score (nSPS) is 11.2. The molecule has 0 saturated carbocycles. The van der Waals surface area contributed by atoms with Gasteiger partial charge in [0, 0.05) is 19.3 Å². The molecular weight excluding hydrogens is 996 g/mol. The second-order valence-electron chi connectivity index (χ2n) is 19.8. The SMILES string of the molecule is O=P(Oc1ccccc1Cc1cccc(-c2ccccc2)c1-c1ccccc1)(Oc1ccccc1Cc1cccc(-c2ccccc2)c1-c1ccccc1)Oc1ccccc1Cc1cccc(-c2ccccc2)c1-c1ccccc1. The first kappa shape index (κ1) is 51.1. The van der Waals surface area contributed by atoms with Crippen molar-refractivity contribution in [2.45, 2.75) is 19.3 Å².